The van der Waals surface area contributed by atoms with E-state index in [0.717, 1.165) is 22.2 Å². The minimum atomic E-state index is -3.81. The fourth-order valence-corrected chi connectivity index (χ4v) is 4.57. The molecule has 6 nitrogen and oxygen atoms in total. The van der Waals surface area contributed by atoms with Crippen LogP contribution in [0.3, 0.4) is 0 Å². The molecule has 1 unspecified atom stereocenters. The van der Waals surface area contributed by atoms with E-state index in [0.29, 0.717) is 17.2 Å². The number of carboxylic acid groups (broad SMARTS) is 1. The second kappa shape index (κ2) is 10.0. The smallest absolute Gasteiger partial charge is 0.318 e. The van der Waals surface area contributed by atoms with Crippen LogP contribution in [0, 0.1) is 0 Å². The number of ether oxygens (including phenoxy) is 1. The Labute approximate surface area is 186 Å². The highest BCUT2D eigenvalue weighted by Crippen LogP contribution is 2.23. The van der Waals surface area contributed by atoms with Crippen molar-refractivity contribution in [3.63, 3.8) is 0 Å². The molecule has 1 aromatic heterocycles. The Hall–Kier alpha value is -2.74. The highest BCUT2D eigenvalue weighted by Gasteiger charge is 2.24. The molecule has 0 spiro atoms. The normalized spacial score (nSPS) is 13.0. The highest BCUT2D eigenvalue weighted by atomic mass is 35.5. The van der Waals surface area contributed by atoms with Crippen molar-refractivity contribution in [3.05, 3.63) is 76.4 Å². The Kier molecular flexibility index (Phi) is 7.43. The van der Waals surface area contributed by atoms with Gasteiger partial charge in [-0.3, -0.25) is 4.79 Å². The van der Waals surface area contributed by atoms with E-state index >= 15 is 0 Å². The van der Waals surface area contributed by atoms with Crippen LogP contribution in [0.5, 0.6) is 0 Å². The van der Waals surface area contributed by atoms with Gasteiger partial charge in [-0.05, 0) is 48.4 Å². The summed E-state index contributed by atoms with van der Waals surface area (Å²) in [5.74, 6) is -2.70. The first-order chi connectivity index (χ1) is 14.8. The highest BCUT2D eigenvalue weighted by molar-refractivity contribution is 7.92. The first kappa shape index (κ1) is 22.9. The quantitative estimate of drug-likeness (QED) is 0.501. The number of benzene rings is 2. The van der Waals surface area contributed by atoms with Crippen LogP contribution in [-0.4, -0.2) is 42.6 Å². The molecule has 1 N–H and O–H groups in total. The first-order valence-electron chi connectivity index (χ1n) is 9.64. The SMILES string of the molecule is CCOC(CS(=O)(=O)CC(=O)O)c1cccc(/C=C/c2ccc3ccc(Cl)cc3n2)c1. The number of sulfone groups is 1. The van der Waals surface area contributed by atoms with E-state index in [4.69, 9.17) is 21.4 Å². The second-order valence-electron chi connectivity index (χ2n) is 6.97. The number of halogens is 1. The summed E-state index contributed by atoms with van der Waals surface area (Å²) in [7, 11) is -3.81. The maximum absolute atomic E-state index is 12.1. The predicted octanol–water partition coefficient (Wildman–Crippen LogP) is 4.64. The Bertz CT molecular complexity index is 1220. The molecule has 1 heterocycles. The summed E-state index contributed by atoms with van der Waals surface area (Å²) in [6, 6.07) is 16.7. The van der Waals surface area contributed by atoms with Gasteiger partial charge in [0.1, 0.15) is 5.75 Å². The third-order valence-electron chi connectivity index (χ3n) is 4.52. The molecule has 0 saturated carbocycles. The minimum Gasteiger partial charge on any atom is -0.480 e. The topological polar surface area (TPSA) is 93.6 Å². The number of carbonyl (C=O) groups is 1. The van der Waals surface area contributed by atoms with Gasteiger partial charge >= 0.3 is 5.97 Å². The zero-order valence-electron chi connectivity index (χ0n) is 16.9. The zero-order valence-corrected chi connectivity index (χ0v) is 18.4. The minimum absolute atomic E-state index is 0.302. The van der Waals surface area contributed by atoms with Crippen molar-refractivity contribution in [1.29, 1.82) is 0 Å². The summed E-state index contributed by atoms with van der Waals surface area (Å²) in [5.41, 5.74) is 3.05. The van der Waals surface area contributed by atoms with Gasteiger partial charge in [-0.15, -0.1) is 0 Å². The molecule has 1 atom stereocenters. The van der Waals surface area contributed by atoms with E-state index in [-0.39, 0.29) is 0 Å². The molecule has 0 bridgehead atoms. The Morgan fingerprint density at radius 3 is 2.68 bits per heavy atom. The molecule has 2 aromatic carbocycles. The van der Waals surface area contributed by atoms with Crippen molar-refractivity contribution in [2.75, 3.05) is 18.1 Å². The summed E-state index contributed by atoms with van der Waals surface area (Å²) in [6.45, 7) is 2.06. The lowest BCUT2D eigenvalue weighted by Crippen LogP contribution is -2.23. The van der Waals surface area contributed by atoms with Crippen LogP contribution in [0.15, 0.2) is 54.6 Å². The largest absolute Gasteiger partial charge is 0.480 e. The van der Waals surface area contributed by atoms with Crippen LogP contribution < -0.4 is 0 Å². The fraction of sp³-hybridized carbons (Fsp3) is 0.217. The van der Waals surface area contributed by atoms with E-state index < -0.39 is 33.4 Å². The number of carboxylic acids is 1. The lowest BCUT2D eigenvalue weighted by Gasteiger charge is -2.17. The molecule has 0 saturated heterocycles. The molecule has 31 heavy (non-hydrogen) atoms. The molecule has 3 rings (SSSR count). The standard InChI is InChI=1S/C23H22ClNO5S/c1-2-30-22(14-31(28,29)15-23(26)27)18-5-3-4-16(12-18)6-10-20-11-8-17-7-9-19(24)13-21(17)25-20/h3-13,22H,2,14-15H2,1H3,(H,26,27)/b10-6+. The lowest BCUT2D eigenvalue weighted by atomic mass is 10.1. The fourth-order valence-electron chi connectivity index (χ4n) is 3.16. The maximum atomic E-state index is 12.1. The maximum Gasteiger partial charge on any atom is 0.318 e. The van der Waals surface area contributed by atoms with Gasteiger partial charge in [-0.1, -0.05) is 48.0 Å². The van der Waals surface area contributed by atoms with Crippen LogP contribution in [0.25, 0.3) is 23.1 Å². The summed E-state index contributed by atoms with van der Waals surface area (Å²) in [5, 5.41) is 10.4. The summed E-state index contributed by atoms with van der Waals surface area (Å²) >= 11 is 6.05. The summed E-state index contributed by atoms with van der Waals surface area (Å²) in [4.78, 5) is 15.4. The first-order valence-corrected chi connectivity index (χ1v) is 11.8. The van der Waals surface area contributed by atoms with Crippen LogP contribution in [0.1, 0.15) is 29.8 Å². The number of rotatable bonds is 9. The molecular formula is C23H22ClNO5S. The van der Waals surface area contributed by atoms with Gasteiger partial charge in [-0.2, -0.15) is 0 Å². The number of aromatic nitrogens is 1. The van der Waals surface area contributed by atoms with Crippen molar-refractivity contribution in [3.8, 4) is 0 Å². The Morgan fingerprint density at radius 2 is 1.94 bits per heavy atom. The molecule has 8 heteroatoms. The van der Waals surface area contributed by atoms with Gasteiger partial charge < -0.3 is 9.84 Å². The third-order valence-corrected chi connectivity index (χ3v) is 6.25. The van der Waals surface area contributed by atoms with Crippen LogP contribution in [-0.2, 0) is 19.4 Å². The summed E-state index contributed by atoms with van der Waals surface area (Å²) < 4.78 is 29.9. The number of pyridine rings is 1. The molecule has 0 aliphatic rings. The van der Waals surface area contributed by atoms with E-state index in [1.807, 2.05) is 48.6 Å². The van der Waals surface area contributed by atoms with Gasteiger partial charge in [0.15, 0.2) is 9.84 Å². The van der Waals surface area contributed by atoms with E-state index in [1.54, 1.807) is 25.1 Å². The number of aliphatic carboxylic acids is 1. The van der Waals surface area contributed by atoms with Gasteiger partial charge in [0.2, 0.25) is 0 Å². The second-order valence-corrected chi connectivity index (χ2v) is 9.51. The molecule has 0 aliphatic heterocycles. The number of hydrogen-bond donors (Lipinski definition) is 1. The van der Waals surface area contributed by atoms with Crippen molar-refractivity contribution in [2.45, 2.75) is 13.0 Å². The Balaban J connectivity index is 1.83. The molecule has 0 radical (unpaired) electrons. The van der Waals surface area contributed by atoms with Crippen molar-refractivity contribution < 1.29 is 23.1 Å². The van der Waals surface area contributed by atoms with Gasteiger partial charge in [0.25, 0.3) is 0 Å². The van der Waals surface area contributed by atoms with Gasteiger partial charge in [0, 0.05) is 17.0 Å². The van der Waals surface area contributed by atoms with Crippen LogP contribution in [0.4, 0.5) is 0 Å². The molecule has 0 aliphatic carbocycles. The number of nitrogens with zero attached hydrogens (tertiary/aromatic N) is 1. The van der Waals surface area contributed by atoms with Gasteiger partial charge in [-0.25, -0.2) is 13.4 Å². The number of fused-ring (bicyclic) bond motifs is 1. The average Bonchev–Trinajstić information content (AvgIpc) is 2.70. The molecule has 0 fully saturated rings. The third kappa shape index (κ3) is 6.62. The Morgan fingerprint density at radius 1 is 1.16 bits per heavy atom. The monoisotopic (exact) mass is 459 g/mol. The van der Waals surface area contributed by atoms with Crippen molar-refractivity contribution >= 4 is 50.5 Å². The average molecular weight is 460 g/mol. The zero-order chi connectivity index (χ0) is 22.4. The van der Waals surface area contributed by atoms with Gasteiger partial charge in [0.05, 0.1) is 23.1 Å². The van der Waals surface area contributed by atoms with Crippen molar-refractivity contribution in [1.82, 2.24) is 4.98 Å². The number of hydrogen-bond acceptors (Lipinski definition) is 5. The van der Waals surface area contributed by atoms with E-state index in [9.17, 15) is 13.2 Å². The predicted molar refractivity (Wildman–Crippen MR) is 123 cm³/mol. The van der Waals surface area contributed by atoms with E-state index in [2.05, 4.69) is 4.98 Å². The molecular weight excluding hydrogens is 438 g/mol. The lowest BCUT2D eigenvalue weighted by molar-refractivity contribution is -0.134. The summed E-state index contributed by atoms with van der Waals surface area (Å²) in [6.07, 6.45) is 2.98. The molecule has 162 valence electrons. The molecule has 0 amide bonds. The van der Waals surface area contributed by atoms with Crippen molar-refractivity contribution in [2.24, 2.45) is 0 Å². The van der Waals surface area contributed by atoms with Crippen LogP contribution >= 0.6 is 11.6 Å². The van der Waals surface area contributed by atoms with Crippen LogP contribution in [0.2, 0.25) is 5.02 Å². The van der Waals surface area contributed by atoms with E-state index in [1.165, 1.54) is 0 Å². The molecule has 3 aromatic rings.